The maximum absolute atomic E-state index is 5.87. The minimum absolute atomic E-state index is 0.199. The molecule has 2 N–H and O–H groups in total. The molecule has 1 saturated carbocycles. The van der Waals surface area contributed by atoms with Crippen LogP contribution in [0.4, 0.5) is 0 Å². The summed E-state index contributed by atoms with van der Waals surface area (Å²) in [7, 11) is 1.87. The van der Waals surface area contributed by atoms with E-state index >= 15 is 0 Å². The number of nitrogens with zero attached hydrogens (tertiary/aromatic N) is 1. The van der Waals surface area contributed by atoms with E-state index in [0.717, 1.165) is 19.1 Å². The van der Waals surface area contributed by atoms with Crippen LogP contribution >= 0.6 is 11.8 Å². The van der Waals surface area contributed by atoms with E-state index in [0.29, 0.717) is 22.8 Å². The highest BCUT2D eigenvalue weighted by molar-refractivity contribution is 8.00. The first kappa shape index (κ1) is 15.5. The van der Waals surface area contributed by atoms with Gasteiger partial charge in [-0.1, -0.05) is 13.8 Å². The highest BCUT2D eigenvalue weighted by Gasteiger charge is 2.59. The predicted octanol–water partition coefficient (Wildman–Crippen LogP) is 2.25. The van der Waals surface area contributed by atoms with Crippen LogP contribution in [0.2, 0.25) is 0 Å². The Labute approximate surface area is 132 Å². The molecule has 0 aromatic rings. The second kappa shape index (κ2) is 5.65. The van der Waals surface area contributed by atoms with Gasteiger partial charge in [-0.25, -0.2) is 0 Å². The first-order valence-corrected chi connectivity index (χ1v) is 9.18. The van der Waals surface area contributed by atoms with Gasteiger partial charge in [-0.05, 0) is 31.9 Å². The van der Waals surface area contributed by atoms with Crippen molar-refractivity contribution in [2.24, 2.45) is 16.3 Å². The molecule has 3 aliphatic rings. The van der Waals surface area contributed by atoms with Crippen LogP contribution < -0.4 is 10.6 Å². The monoisotopic (exact) mass is 311 g/mol. The number of hydrogen-bond acceptors (Lipinski definition) is 3. The topological polar surface area (TPSA) is 45.7 Å². The lowest BCUT2D eigenvalue weighted by molar-refractivity contribution is -0.106. The molecule has 1 aliphatic carbocycles. The predicted molar refractivity (Wildman–Crippen MR) is 90.0 cm³/mol. The van der Waals surface area contributed by atoms with Gasteiger partial charge in [0.25, 0.3) is 0 Å². The number of hydrogen-bond donors (Lipinski definition) is 2. The number of rotatable bonds is 3. The van der Waals surface area contributed by atoms with E-state index in [-0.39, 0.29) is 5.41 Å². The molecule has 0 aromatic heterocycles. The Balaban J connectivity index is 1.55. The first-order valence-electron chi connectivity index (χ1n) is 8.19. The van der Waals surface area contributed by atoms with Gasteiger partial charge >= 0.3 is 0 Å². The van der Waals surface area contributed by atoms with Crippen molar-refractivity contribution in [3.63, 3.8) is 0 Å². The zero-order valence-electron chi connectivity index (χ0n) is 13.7. The van der Waals surface area contributed by atoms with Gasteiger partial charge in [0, 0.05) is 42.3 Å². The van der Waals surface area contributed by atoms with Gasteiger partial charge in [0.2, 0.25) is 0 Å². The molecule has 0 aromatic carbocycles. The van der Waals surface area contributed by atoms with Crippen molar-refractivity contribution in [2.75, 3.05) is 26.0 Å². The second-order valence-corrected chi connectivity index (χ2v) is 9.20. The van der Waals surface area contributed by atoms with Crippen LogP contribution in [0.25, 0.3) is 0 Å². The van der Waals surface area contributed by atoms with Crippen LogP contribution in [0.15, 0.2) is 4.99 Å². The average molecular weight is 311 g/mol. The van der Waals surface area contributed by atoms with Crippen molar-refractivity contribution < 1.29 is 4.74 Å². The summed E-state index contributed by atoms with van der Waals surface area (Å²) in [5.74, 6) is 2.89. The Kier molecular flexibility index (Phi) is 4.17. The van der Waals surface area contributed by atoms with E-state index < -0.39 is 0 Å². The second-order valence-electron chi connectivity index (χ2n) is 7.51. The van der Waals surface area contributed by atoms with Gasteiger partial charge in [-0.15, -0.1) is 0 Å². The Morgan fingerprint density at radius 2 is 2.19 bits per heavy atom. The van der Waals surface area contributed by atoms with Crippen LogP contribution in [-0.2, 0) is 4.74 Å². The zero-order chi connectivity index (χ0) is 15.1. The summed E-state index contributed by atoms with van der Waals surface area (Å²) in [6.07, 6.45) is 4.24. The third-order valence-electron chi connectivity index (χ3n) is 5.55. The Morgan fingerprint density at radius 1 is 1.38 bits per heavy atom. The van der Waals surface area contributed by atoms with E-state index in [1.807, 2.05) is 7.05 Å². The minimum atomic E-state index is 0.199. The Morgan fingerprint density at radius 3 is 2.86 bits per heavy atom. The molecule has 3 rings (SSSR count). The standard InChI is InChI=1S/C16H29N3OS/c1-15(2)12(11-6-8-20-13(11)15)19-14(17-4)18-10-16(3)7-5-9-21-16/h11-13H,5-10H2,1-4H3,(H2,17,18,19). The van der Waals surface area contributed by atoms with Crippen LogP contribution in [0, 0.1) is 11.3 Å². The summed E-state index contributed by atoms with van der Waals surface area (Å²) in [5, 5.41) is 7.20. The Bertz CT molecular complexity index is 418. The number of guanidine groups is 1. The van der Waals surface area contributed by atoms with Crippen LogP contribution in [0.5, 0.6) is 0 Å². The molecule has 0 bridgehead atoms. The molecule has 0 amide bonds. The first-order chi connectivity index (χ1) is 9.96. The molecular formula is C16H29N3OS. The number of aliphatic imine (C=N–C) groups is 1. The molecular weight excluding hydrogens is 282 g/mol. The molecule has 2 heterocycles. The molecule has 21 heavy (non-hydrogen) atoms. The maximum Gasteiger partial charge on any atom is 0.191 e. The molecule has 2 aliphatic heterocycles. The van der Waals surface area contributed by atoms with Gasteiger partial charge in [-0.3, -0.25) is 4.99 Å². The van der Waals surface area contributed by atoms with Crippen molar-refractivity contribution in [3.8, 4) is 0 Å². The average Bonchev–Trinajstić information content (AvgIpc) is 3.07. The largest absolute Gasteiger partial charge is 0.377 e. The fraction of sp³-hybridized carbons (Fsp3) is 0.938. The molecule has 0 radical (unpaired) electrons. The summed E-state index contributed by atoms with van der Waals surface area (Å²) >= 11 is 2.09. The molecule has 120 valence electrons. The van der Waals surface area contributed by atoms with Gasteiger partial charge in [0.15, 0.2) is 5.96 Å². The van der Waals surface area contributed by atoms with Gasteiger partial charge in [0.05, 0.1) is 6.10 Å². The summed E-state index contributed by atoms with van der Waals surface area (Å²) in [6.45, 7) is 8.88. The molecule has 2 saturated heterocycles. The summed E-state index contributed by atoms with van der Waals surface area (Å²) in [4.78, 5) is 4.43. The van der Waals surface area contributed by atoms with Crippen molar-refractivity contribution in [1.82, 2.24) is 10.6 Å². The zero-order valence-corrected chi connectivity index (χ0v) is 14.6. The van der Waals surface area contributed by atoms with Crippen LogP contribution in [0.1, 0.15) is 40.0 Å². The van der Waals surface area contributed by atoms with E-state index in [1.54, 1.807) is 0 Å². The van der Waals surface area contributed by atoms with Crippen molar-refractivity contribution >= 4 is 17.7 Å². The summed E-state index contributed by atoms with van der Waals surface area (Å²) in [5.41, 5.74) is 0.199. The molecule has 3 fully saturated rings. The van der Waals surface area contributed by atoms with Crippen LogP contribution in [0.3, 0.4) is 0 Å². The summed E-state index contributed by atoms with van der Waals surface area (Å²) in [6, 6.07) is 0.472. The molecule has 5 heteroatoms. The smallest absolute Gasteiger partial charge is 0.191 e. The SMILES string of the molecule is CN=C(NCC1(C)CCCS1)NC1C2CCOC2C1(C)C. The third-order valence-corrected chi connectivity index (χ3v) is 7.08. The number of ether oxygens (including phenoxy) is 1. The minimum Gasteiger partial charge on any atom is -0.377 e. The van der Waals surface area contributed by atoms with E-state index in [2.05, 4.69) is 48.2 Å². The molecule has 4 atom stereocenters. The van der Waals surface area contributed by atoms with Crippen molar-refractivity contribution in [1.29, 1.82) is 0 Å². The van der Waals surface area contributed by atoms with E-state index in [1.165, 1.54) is 25.0 Å². The highest BCUT2D eigenvalue weighted by atomic mass is 32.2. The number of thioether (sulfide) groups is 1. The van der Waals surface area contributed by atoms with Gasteiger partial charge in [0.1, 0.15) is 0 Å². The highest BCUT2D eigenvalue weighted by Crippen LogP contribution is 2.52. The Hall–Kier alpha value is -0.420. The fourth-order valence-electron chi connectivity index (χ4n) is 4.21. The molecule has 0 spiro atoms. The van der Waals surface area contributed by atoms with Crippen molar-refractivity contribution in [2.45, 2.75) is 56.9 Å². The normalized spacial score (nSPS) is 41.5. The number of nitrogens with one attached hydrogen (secondary N) is 2. The van der Waals surface area contributed by atoms with E-state index in [9.17, 15) is 0 Å². The van der Waals surface area contributed by atoms with Crippen molar-refractivity contribution in [3.05, 3.63) is 0 Å². The molecule has 4 nitrogen and oxygen atoms in total. The van der Waals surface area contributed by atoms with E-state index in [4.69, 9.17) is 4.74 Å². The quantitative estimate of drug-likeness (QED) is 0.620. The summed E-state index contributed by atoms with van der Waals surface area (Å²) < 4.78 is 6.23. The lowest BCUT2D eigenvalue weighted by Crippen LogP contribution is -2.68. The van der Waals surface area contributed by atoms with Crippen LogP contribution in [-0.4, -0.2) is 48.8 Å². The molecule has 4 unspecified atom stereocenters. The third kappa shape index (κ3) is 2.79. The fourth-order valence-corrected chi connectivity index (χ4v) is 5.45. The lowest BCUT2D eigenvalue weighted by atomic mass is 9.57. The maximum atomic E-state index is 5.87. The van der Waals surface area contributed by atoms with Gasteiger partial charge in [-0.2, -0.15) is 11.8 Å². The lowest BCUT2D eigenvalue weighted by Gasteiger charge is -2.55. The van der Waals surface area contributed by atoms with Gasteiger partial charge < -0.3 is 15.4 Å². The number of fused-ring (bicyclic) bond motifs is 1.